The fourth-order valence-electron chi connectivity index (χ4n) is 2.60. The standard InChI is InChI=1S/C18H24FN7O/c1-18(2,27)6-7-21-17-24-15(14-16(25-17)26(3)10-23-14)22-9-11-8-12(19)4-5-13(11)20/h4-5,8,10,27H,6-7,9,20H2,1-3H3,(H2,21,22,24,25). The van der Waals surface area contributed by atoms with Gasteiger partial charge in [-0.1, -0.05) is 0 Å². The summed E-state index contributed by atoms with van der Waals surface area (Å²) in [5.41, 5.74) is 7.54. The maximum Gasteiger partial charge on any atom is 0.226 e. The average Bonchev–Trinajstić information content (AvgIpc) is 2.96. The van der Waals surface area contributed by atoms with Gasteiger partial charge in [-0.15, -0.1) is 0 Å². The lowest BCUT2D eigenvalue weighted by atomic mass is 10.1. The molecule has 8 nitrogen and oxygen atoms in total. The zero-order valence-electron chi connectivity index (χ0n) is 15.6. The molecule has 144 valence electrons. The SMILES string of the molecule is Cn1cnc2c(NCc3cc(F)ccc3N)nc(NCCC(C)(C)O)nc21. The summed E-state index contributed by atoms with van der Waals surface area (Å²) in [6.07, 6.45) is 2.20. The van der Waals surface area contributed by atoms with Crippen molar-refractivity contribution in [1.82, 2.24) is 19.5 Å². The van der Waals surface area contributed by atoms with Gasteiger partial charge in [0, 0.05) is 25.8 Å². The molecular weight excluding hydrogens is 349 g/mol. The van der Waals surface area contributed by atoms with E-state index < -0.39 is 5.60 Å². The Kier molecular flexibility index (Phi) is 5.13. The molecule has 0 atom stereocenters. The molecule has 0 unspecified atom stereocenters. The van der Waals surface area contributed by atoms with Gasteiger partial charge in [0.2, 0.25) is 5.95 Å². The van der Waals surface area contributed by atoms with Crippen LogP contribution in [0.2, 0.25) is 0 Å². The van der Waals surface area contributed by atoms with E-state index in [0.29, 0.717) is 53.7 Å². The second kappa shape index (κ2) is 7.36. The van der Waals surface area contributed by atoms with E-state index in [4.69, 9.17) is 5.73 Å². The monoisotopic (exact) mass is 373 g/mol. The van der Waals surface area contributed by atoms with E-state index in [1.807, 2.05) is 7.05 Å². The summed E-state index contributed by atoms with van der Waals surface area (Å²) in [4.78, 5) is 13.3. The van der Waals surface area contributed by atoms with Crippen LogP contribution in [0.5, 0.6) is 0 Å². The molecule has 3 rings (SSSR count). The van der Waals surface area contributed by atoms with Gasteiger partial charge in [-0.25, -0.2) is 9.37 Å². The number of rotatable bonds is 7. The number of fused-ring (bicyclic) bond motifs is 1. The smallest absolute Gasteiger partial charge is 0.226 e. The Balaban J connectivity index is 1.83. The molecular formula is C18H24FN7O. The Morgan fingerprint density at radius 1 is 1.26 bits per heavy atom. The Hall–Kier alpha value is -2.94. The molecule has 0 amide bonds. The highest BCUT2D eigenvalue weighted by Gasteiger charge is 2.15. The molecule has 0 radical (unpaired) electrons. The molecule has 9 heteroatoms. The van der Waals surface area contributed by atoms with Crippen molar-refractivity contribution in [1.29, 1.82) is 0 Å². The minimum Gasteiger partial charge on any atom is -0.398 e. The number of nitrogens with zero attached hydrogens (tertiary/aromatic N) is 4. The molecule has 0 bridgehead atoms. The fraction of sp³-hybridized carbons (Fsp3) is 0.389. The van der Waals surface area contributed by atoms with Crippen LogP contribution in [-0.2, 0) is 13.6 Å². The summed E-state index contributed by atoms with van der Waals surface area (Å²) in [7, 11) is 1.84. The first-order valence-electron chi connectivity index (χ1n) is 8.66. The highest BCUT2D eigenvalue weighted by Crippen LogP contribution is 2.22. The summed E-state index contributed by atoms with van der Waals surface area (Å²) in [6, 6.07) is 4.25. The van der Waals surface area contributed by atoms with Crippen molar-refractivity contribution in [3.63, 3.8) is 0 Å². The van der Waals surface area contributed by atoms with Crippen molar-refractivity contribution in [2.45, 2.75) is 32.4 Å². The van der Waals surface area contributed by atoms with Gasteiger partial charge in [0.15, 0.2) is 17.0 Å². The molecule has 0 aliphatic rings. The number of hydrogen-bond donors (Lipinski definition) is 4. The maximum atomic E-state index is 13.5. The number of anilines is 3. The minimum atomic E-state index is -0.778. The van der Waals surface area contributed by atoms with Crippen LogP contribution in [0.1, 0.15) is 25.8 Å². The molecule has 1 aromatic carbocycles. The molecule has 0 aliphatic heterocycles. The summed E-state index contributed by atoms with van der Waals surface area (Å²) in [5.74, 6) is 0.598. The Morgan fingerprint density at radius 3 is 2.78 bits per heavy atom. The number of imidazole rings is 1. The Bertz CT molecular complexity index is 949. The van der Waals surface area contributed by atoms with Crippen LogP contribution < -0.4 is 16.4 Å². The van der Waals surface area contributed by atoms with E-state index in [0.717, 1.165) is 0 Å². The van der Waals surface area contributed by atoms with Crippen molar-refractivity contribution in [3.8, 4) is 0 Å². The molecule has 0 aliphatic carbocycles. The van der Waals surface area contributed by atoms with Crippen molar-refractivity contribution in [2.24, 2.45) is 7.05 Å². The molecule has 2 aromatic heterocycles. The number of nitrogen functional groups attached to an aromatic ring is 1. The minimum absolute atomic E-state index is 0.301. The number of nitrogens with one attached hydrogen (secondary N) is 2. The van der Waals surface area contributed by atoms with Crippen LogP contribution in [0.25, 0.3) is 11.2 Å². The number of benzene rings is 1. The summed E-state index contributed by atoms with van der Waals surface area (Å²) in [6.45, 7) is 4.31. The van der Waals surface area contributed by atoms with Crippen LogP contribution in [0.15, 0.2) is 24.5 Å². The van der Waals surface area contributed by atoms with Gasteiger partial charge in [-0.3, -0.25) is 0 Å². The van der Waals surface area contributed by atoms with Crippen molar-refractivity contribution < 1.29 is 9.50 Å². The first-order valence-corrected chi connectivity index (χ1v) is 8.66. The summed E-state index contributed by atoms with van der Waals surface area (Å²) < 4.78 is 15.3. The van der Waals surface area contributed by atoms with Gasteiger partial charge in [0.1, 0.15) is 5.82 Å². The normalized spacial score (nSPS) is 11.7. The van der Waals surface area contributed by atoms with Crippen LogP contribution in [0, 0.1) is 5.82 Å². The number of aromatic nitrogens is 4. The molecule has 2 heterocycles. The first-order chi connectivity index (χ1) is 12.7. The van der Waals surface area contributed by atoms with E-state index in [1.54, 1.807) is 24.7 Å². The van der Waals surface area contributed by atoms with E-state index in [1.165, 1.54) is 18.2 Å². The number of hydrogen-bond acceptors (Lipinski definition) is 7. The second-order valence-electron chi connectivity index (χ2n) is 7.11. The third-order valence-corrected chi connectivity index (χ3v) is 4.13. The molecule has 0 fully saturated rings. The van der Waals surface area contributed by atoms with Crippen molar-refractivity contribution in [2.75, 3.05) is 22.9 Å². The molecule has 0 saturated carbocycles. The lowest BCUT2D eigenvalue weighted by molar-refractivity contribution is 0.0748. The zero-order chi connectivity index (χ0) is 19.6. The lowest BCUT2D eigenvalue weighted by Gasteiger charge is -2.17. The highest BCUT2D eigenvalue weighted by atomic mass is 19.1. The first kappa shape index (κ1) is 18.8. The number of aliphatic hydroxyl groups is 1. The van der Waals surface area contributed by atoms with E-state index in [-0.39, 0.29) is 5.82 Å². The fourth-order valence-corrected chi connectivity index (χ4v) is 2.60. The molecule has 27 heavy (non-hydrogen) atoms. The second-order valence-corrected chi connectivity index (χ2v) is 7.11. The topological polar surface area (TPSA) is 114 Å². The predicted molar refractivity (Wildman–Crippen MR) is 104 cm³/mol. The van der Waals surface area contributed by atoms with Gasteiger partial charge < -0.3 is 26.0 Å². The molecule has 5 N–H and O–H groups in total. The molecule has 0 spiro atoms. The van der Waals surface area contributed by atoms with Gasteiger partial charge >= 0.3 is 0 Å². The number of nitrogens with two attached hydrogens (primary N) is 1. The van der Waals surface area contributed by atoms with Crippen LogP contribution in [0.3, 0.4) is 0 Å². The molecule has 3 aromatic rings. The van der Waals surface area contributed by atoms with Gasteiger partial charge in [0.05, 0.1) is 11.9 Å². The Labute approximate surface area is 156 Å². The highest BCUT2D eigenvalue weighted by molar-refractivity contribution is 5.84. The average molecular weight is 373 g/mol. The predicted octanol–water partition coefficient (Wildman–Crippen LogP) is 2.27. The van der Waals surface area contributed by atoms with Gasteiger partial charge in [-0.2, -0.15) is 9.97 Å². The number of aryl methyl sites for hydroxylation is 1. The van der Waals surface area contributed by atoms with Crippen LogP contribution >= 0.6 is 0 Å². The summed E-state index contributed by atoms with van der Waals surface area (Å²) >= 11 is 0. The van der Waals surface area contributed by atoms with E-state index >= 15 is 0 Å². The summed E-state index contributed by atoms with van der Waals surface area (Å²) in [5, 5.41) is 16.1. The van der Waals surface area contributed by atoms with Crippen LogP contribution in [0.4, 0.5) is 21.8 Å². The number of halogens is 1. The molecule has 0 saturated heterocycles. The van der Waals surface area contributed by atoms with Gasteiger partial charge in [0.25, 0.3) is 0 Å². The van der Waals surface area contributed by atoms with Crippen molar-refractivity contribution >= 4 is 28.6 Å². The third-order valence-electron chi connectivity index (χ3n) is 4.13. The zero-order valence-corrected chi connectivity index (χ0v) is 15.6. The lowest BCUT2D eigenvalue weighted by Crippen LogP contribution is -2.23. The Morgan fingerprint density at radius 2 is 2.04 bits per heavy atom. The van der Waals surface area contributed by atoms with Crippen molar-refractivity contribution in [3.05, 3.63) is 35.9 Å². The van der Waals surface area contributed by atoms with E-state index in [9.17, 15) is 9.50 Å². The maximum absolute atomic E-state index is 13.5. The largest absolute Gasteiger partial charge is 0.398 e. The third kappa shape index (κ3) is 4.62. The quantitative estimate of drug-likeness (QED) is 0.470. The van der Waals surface area contributed by atoms with Gasteiger partial charge in [-0.05, 0) is 44.0 Å². The van der Waals surface area contributed by atoms with E-state index in [2.05, 4.69) is 25.6 Å². The van der Waals surface area contributed by atoms with Crippen LogP contribution in [-0.4, -0.2) is 36.8 Å².